The summed E-state index contributed by atoms with van der Waals surface area (Å²) in [4.78, 5) is 6.36. The van der Waals surface area contributed by atoms with Crippen LogP contribution in [-0.4, -0.2) is 29.0 Å². The molecule has 4 heteroatoms. The molecule has 1 heterocycles. The van der Waals surface area contributed by atoms with Crippen molar-refractivity contribution in [3.8, 4) is 0 Å². The monoisotopic (exact) mass is 303 g/mol. The molecule has 3 nitrogen and oxygen atoms in total. The summed E-state index contributed by atoms with van der Waals surface area (Å²) in [6.45, 7) is 3.64. The molecule has 0 saturated carbocycles. The molecule has 2 rings (SSSR count). The Hall–Kier alpha value is -1.42. The van der Waals surface area contributed by atoms with Crippen molar-refractivity contribution in [2.45, 2.75) is 25.4 Å². The third kappa shape index (κ3) is 4.27. The second-order valence-corrected chi connectivity index (χ2v) is 6.15. The van der Waals surface area contributed by atoms with Gasteiger partial charge in [0.25, 0.3) is 0 Å². The molecule has 1 atom stereocenters. The average molecular weight is 304 g/mol. The van der Waals surface area contributed by atoms with E-state index in [4.69, 9.17) is 17.3 Å². The Bertz CT molecular complexity index is 556. The van der Waals surface area contributed by atoms with Gasteiger partial charge in [0, 0.05) is 36.0 Å². The smallest absolute Gasteiger partial charge is 0.0406 e. The number of halogens is 1. The van der Waals surface area contributed by atoms with Crippen LogP contribution in [0.3, 0.4) is 0 Å². The lowest BCUT2D eigenvalue weighted by molar-refractivity contribution is 0.136. The van der Waals surface area contributed by atoms with Gasteiger partial charge >= 0.3 is 0 Å². The normalized spacial score (nSPS) is 14.1. The fourth-order valence-electron chi connectivity index (χ4n) is 2.36. The molecule has 0 aliphatic rings. The van der Waals surface area contributed by atoms with Crippen LogP contribution in [0.25, 0.3) is 0 Å². The predicted molar refractivity (Wildman–Crippen MR) is 88.3 cm³/mol. The lowest BCUT2D eigenvalue weighted by Gasteiger charge is -2.38. The van der Waals surface area contributed by atoms with E-state index >= 15 is 0 Å². The third-order valence-electron chi connectivity index (χ3n) is 4.03. The molecule has 0 saturated heterocycles. The fraction of sp³-hybridized carbons (Fsp3) is 0.353. The molecule has 0 aliphatic carbocycles. The molecule has 21 heavy (non-hydrogen) atoms. The summed E-state index contributed by atoms with van der Waals surface area (Å²) in [5.74, 6) is 0. The molecule has 0 fully saturated rings. The standard InChI is InChI=1S/C17H22ClN3/c1-17(13-19,11-14-3-5-16(18)6-4-14)21(2)12-15-7-9-20-10-8-15/h3-10H,11-13,19H2,1-2H3. The van der Waals surface area contributed by atoms with Gasteiger partial charge in [-0.25, -0.2) is 0 Å². The quantitative estimate of drug-likeness (QED) is 0.891. The van der Waals surface area contributed by atoms with Crippen molar-refractivity contribution >= 4 is 11.6 Å². The zero-order valence-electron chi connectivity index (χ0n) is 12.6. The first-order valence-corrected chi connectivity index (χ1v) is 7.46. The SMILES string of the molecule is CN(Cc1ccncc1)C(C)(CN)Cc1ccc(Cl)cc1. The number of likely N-dealkylation sites (N-methyl/N-ethyl adjacent to an activating group) is 1. The second kappa shape index (κ2) is 7.03. The van der Waals surface area contributed by atoms with E-state index in [1.807, 2.05) is 36.7 Å². The lowest BCUT2D eigenvalue weighted by Crippen LogP contribution is -2.50. The van der Waals surface area contributed by atoms with E-state index in [2.05, 4.69) is 36.0 Å². The lowest BCUT2D eigenvalue weighted by atomic mass is 9.91. The van der Waals surface area contributed by atoms with Crippen LogP contribution in [0.1, 0.15) is 18.1 Å². The highest BCUT2D eigenvalue weighted by atomic mass is 35.5. The van der Waals surface area contributed by atoms with Crippen LogP contribution < -0.4 is 5.73 Å². The zero-order valence-corrected chi connectivity index (χ0v) is 13.3. The molecule has 0 amide bonds. The van der Waals surface area contributed by atoms with Gasteiger partial charge in [-0.3, -0.25) is 9.88 Å². The van der Waals surface area contributed by atoms with Gasteiger partial charge in [0.15, 0.2) is 0 Å². The van der Waals surface area contributed by atoms with E-state index in [0.29, 0.717) is 6.54 Å². The van der Waals surface area contributed by atoms with E-state index in [1.54, 1.807) is 0 Å². The maximum Gasteiger partial charge on any atom is 0.0406 e. The fourth-order valence-corrected chi connectivity index (χ4v) is 2.48. The van der Waals surface area contributed by atoms with Crippen LogP contribution in [0.15, 0.2) is 48.8 Å². The Morgan fingerprint density at radius 2 is 1.71 bits per heavy atom. The van der Waals surface area contributed by atoms with Crippen molar-refractivity contribution in [1.82, 2.24) is 9.88 Å². The maximum absolute atomic E-state index is 6.06. The number of nitrogens with zero attached hydrogens (tertiary/aromatic N) is 2. The first kappa shape index (κ1) is 16.0. The molecule has 0 bridgehead atoms. The molecule has 112 valence electrons. The van der Waals surface area contributed by atoms with Gasteiger partial charge in [0.2, 0.25) is 0 Å². The van der Waals surface area contributed by atoms with Crippen molar-refractivity contribution in [2.24, 2.45) is 5.73 Å². The third-order valence-corrected chi connectivity index (χ3v) is 4.28. The minimum Gasteiger partial charge on any atom is -0.329 e. The summed E-state index contributed by atoms with van der Waals surface area (Å²) in [6, 6.07) is 12.1. The van der Waals surface area contributed by atoms with Gasteiger partial charge < -0.3 is 5.73 Å². The van der Waals surface area contributed by atoms with Crippen LogP contribution in [0.5, 0.6) is 0 Å². The molecule has 1 aromatic heterocycles. The highest BCUT2D eigenvalue weighted by Crippen LogP contribution is 2.22. The Labute approximate surface area is 131 Å². The Morgan fingerprint density at radius 3 is 2.29 bits per heavy atom. The molecule has 2 N–H and O–H groups in total. The molecule has 2 aromatic rings. The van der Waals surface area contributed by atoms with Crippen LogP contribution >= 0.6 is 11.6 Å². The van der Waals surface area contributed by atoms with Gasteiger partial charge in [-0.15, -0.1) is 0 Å². The number of hydrogen-bond acceptors (Lipinski definition) is 3. The Balaban J connectivity index is 2.10. The van der Waals surface area contributed by atoms with Gasteiger partial charge in [0.05, 0.1) is 0 Å². The summed E-state index contributed by atoms with van der Waals surface area (Å²) in [6.07, 6.45) is 4.53. The molecule has 0 aliphatic heterocycles. The topological polar surface area (TPSA) is 42.2 Å². The minimum atomic E-state index is -0.100. The second-order valence-electron chi connectivity index (χ2n) is 5.72. The van der Waals surface area contributed by atoms with Crippen molar-refractivity contribution < 1.29 is 0 Å². The van der Waals surface area contributed by atoms with Gasteiger partial charge in [0.1, 0.15) is 0 Å². The van der Waals surface area contributed by atoms with E-state index in [-0.39, 0.29) is 5.54 Å². The van der Waals surface area contributed by atoms with Crippen LogP contribution in [0.4, 0.5) is 0 Å². The van der Waals surface area contributed by atoms with Crippen LogP contribution in [-0.2, 0) is 13.0 Å². The van der Waals surface area contributed by atoms with Crippen molar-refractivity contribution in [3.05, 3.63) is 64.9 Å². The molecular weight excluding hydrogens is 282 g/mol. The molecule has 0 radical (unpaired) electrons. The Kier molecular flexibility index (Phi) is 5.34. The van der Waals surface area contributed by atoms with Gasteiger partial charge in [-0.2, -0.15) is 0 Å². The maximum atomic E-state index is 6.06. The minimum absolute atomic E-state index is 0.100. The number of nitrogens with two attached hydrogens (primary N) is 1. The highest BCUT2D eigenvalue weighted by molar-refractivity contribution is 6.30. The predicted octanol–water partition coefficient (Wildman–Crippen LogP) is 3.13. The van der Waals surface area contributed by atoms with Gasteiger partial charge in [-0.1, -0.05) is 23.7 Å². The highest BCUT2D eigenvalue weighted by Gasteiger charge is 2.28. The van der Waals surface area contributed by atoms with E-state index in [9.17, 15) is 0 Å². The average Bonchev–Trinajstić information content (AvgIpc) is 2.50. The zero-order chi connectivity index (χ0) is 15.3. The van der Waals surface area contributed by atoms with Crippen LogP contribution in [0.2, 0.25) is 5.02 Å². The number of rotatable bonds is 6. The van der Waals surface area contributed by atoms with Crippen molar-refractivity contribution in [3.63, 3.8) is 0 Å². The number of benzene rings is 1. The van der Waals surface area contributed by atoms with Gasteiger partial charge in [-0.05, 0) is 55.8 Å². The summed E-state index contributed by atoms with van der Waals surface area (Å²) >= 11 is 5.95. The molecule has 0 spiro atoms. The summed E-state index contributed by atoms with van der Waals surface area (Å²) in [5.41, 5.74) is 8.44. The number of hydrogen-bond donors (Lipinski definition) is 1. The molecular formula is C17H22ClN3. The summed E-state index contributed by atoms with van der Waals surface area (Å²) < 4.78 is 0. The summed E-state index contributed by atoms with van der Waals surface area (Å²) in [5, 5.41) is 0.762. The number of aromatic nitrogens is 1. The molecule has 1 unspecified atom stereocenters. The first-order chi connectivity index (χ1) is 10.0. The van der Waals surface area contributed by atoms with E-state index in [1.165, 1.54) is 11.1 Å². The Morgan fingerprint density at radius 1 is 1.10 bits per heavy atom. The van der Waals surface area contributed by atoms with Crippen molar-refractivity contribution in [1.29, 1.82) is 0 Å². The number of pyridine rings is 1. The first-order valence-electron chi connectivity index (χ1n) is 7.08. The molecule has 1 aromatic carbocycles. The largest absolute Gasteiger partial charge is 0.329 e. The van der Waals surface area contributed by atoms with E-state index in [0.717, 1.165) is 18.0 Å². The summed E-state index contributed by atoms with van der Waals surface area (Å²) in [7, 11) is 2.11. The van der Waals surface area contributed by atoms with E-state index < -0.39 is 0 Å². The van der Waals surface area contributed by atoms with Crippen molar-refractivity contribution in [2.75, 3.05) is 13.6 Å². The van der Waals surface area contributed by atoms with Crippen LogP contribution in [0, 0.1) is 0 Å².